The molecular formula is C8H13NO6PS+. The molecule has 0 aliphatic heterocycles. The van der Waals surface area contributed by atoms with Gasteiger partial charge in [-0.05, 0) is 0 Å². The lowest BCUT2D eigenvalue weighted by Gasteiger charge is -2.13. The molecule has 0 aromatic carbocycles. The van der Waals surface area contributed by atoms with Crippen LogP contribution in [0.3, 0.4) is 0 Å². The van der Waals surface area contributed by atoms with Crippen LogP contribution in [0, 0.1) is 0 Å². The molecule has 1 heterocycles. The van der Waals surface area contributed by atoms with Gasteiger partial charge in [0.15, 0.2) is 16.9 Å². The second-order valence-corrected chi connectivity index (χ2v) is 7.32. The van der Waals surface area contributed by atoms with Crippen LogP contribution in [0.4, 0.5) is 0 Å². The Bertz CT molecular complexity index is 551. The van der Waals surface area contributed by atoms with E-state index in [0.717, 1.165) is 0 Å². The molecule has 0 saturated heterocycles. The minimum Gasteiger partial charge on any atom is -0.323 e. The van der Waals surface area contributed by atoms with E-state index in [-0.39, 0.29) is 0 Å². The Morgan fingerprint density at radius 1 is 1.41 bits per heavy atom. The molecule has 0 spiro atoms. The van der Waals surface area contributed by atoms with Gasteiger partial charge >= 0.3 is 7.60 Å². The van der Waals surface area contributed by atoms with E-state index in [1.807, 2.05) is 0 Å². The predicted octanol–water partition coefficient (Wildman–Crippen LogP) is -0.555. The Hall–Kier alpha value is -0.790. The van der Waals surface area contributed by atoms with Crippen molar-refractivity contribution in [2.75, 3.05) is 0 Å². The second kappa shape index (κ2) is 4.83. The summed E-state index contributed by atoms with van der Waals surface area (Å²) in [5.41, 5.74) is 0.387. The first-order valence-electron chi connectivity index (χ1n) is 4.57. The normalized spacial score (nSPS) is 14.6. The molecule has 0 radical (unpaired) electrons. The summed E-state index contributed by atoms with van der Waals surface area (Å²) in [5.74, 6) is 0. The van der Waals surface area contributed by atoms with Crippen molar-refractivity contribution in [1.82, 2.24) is 0 Å². The number of nitrogens with zero attached hydrogens (tertiary/aromatic N) is 1. The molecule has 7 nitrogen and oxygen atoms in total. The molecule has 0 bridgehead atoms. The van der Waals surface area contributed by atoms with Crippen molar-refractivity contribution in [2.45, 2.75) is 11.4 Å². The molecule has 1 aromatic rings. The fourth-order valence-electron chi connectivity index (χ4n) is 1.35. The molecule has 1 rings (SSSR count). The van der Waals surface area contributed by atoms with Gasteiger partial charge in [0, 0.05) is 12.1 Å². The second-order valence-electron chi connectivity index (χ2n) is 3.57. The Kier molecular flexibility index (Phi) is 4.06. The van der Waals surface area contributed by atoms with Gasteiger partial charge in [-0.3, -0.25) is 9.12 Å². The van der Waals surface area contributed by atoms with Gasteiger partial charge in [-0.1, -0.05) is 6.07 Å². The number of hydrogen-bond donors (Lipinski definition) is 3. The molecule has 1 atom stereocenters. The van der Waals surface area contributed by atoms with Crippen molar-refractivity contribution in [3.05, 3.63) is 30.1 Å². The lowest BCUT2D eigenvalue weighted by molar-refractivity contribution is -0.679. The van der Waals surface area contributed by atoms with Crippen molar-refractivity contribution in [3.63, 3.8) is 0 Å². The third-order valence-electron chi connectivity index (χ3n) is 2.27. The lowest BCUT2D eigenvalue weighted by Crippen LogP contribution is -2.36. The zero-order valence-electron chi connectivity index (χ0n) is 8.96. The molecule has 1 unspecified atom stereocenters. The van der Waals surface area contributed by atoms with Crippen LogP contribution >= 0.6 is 7.60 Å². The van der Waals surface area contributed by atoms with E-state index in [1.54, 1.807) is 25.4 Å². The third kappa shape index (κ3) is 3.86. The van der Waals surface area contributed by atoms with Crippen LogP contribution in [0.1, 0.15) is 5.69 Å². The first kappa shape index (κ1) is 14.3. The molecule has 0 aliphatic carbocycles. The largest absolute Gasteiger partial charge is 0.346 e. The molecule has 17 heavy (non-hydrogen) atoms. The Labute approximate surface area is 98.6 Å². The van der Waals surface area contributed by atoms with E-state index < -0.39 is 29.1 Å². The van der Waals surface area contributed by atoms with Crippen molar-refractivity contribution in [1.29, 1.82) is 0 Å². The van der Waals surface area contributed by atoms with Crippen LogP contribution in [-0.2, 0) is 28.2 Å². The summed E-state index contributed by atoms with van der Waals surface area (Å²) in [5, 5.41) is 0. The minimum atomic E-state index is -4.93. The van der Waals surface area contributed by atoms with Gasteiger partial charge in [0.2, 0.25) is 0 Å². The minimum absolute atomic E-state index is 0.387. The average molecular weight is 282 g/mol. The number of pyridine rings is 1. The summed E-state index contributed by atoms with van der Waals surface area (Å²) in [6.45, 7) is 0. The molecule has 96 valence electrons. The van der Waals surface area contributed by atoms with Crippen LogP contribution in [0.2, 0.25) is 0 Å². The highest BCUT2D eigenvalue weighted by molar-refractivity contribution is 7.93. The van der Waals surface area contributed by atoms with Crippen molar-refractivity contribution < 1.29 is 31.9 Å². The number of hydrogen-bond acceptors (Lipinski definition) is 3. The molecular weight excluding hydrogens is 269 g/mol. The van der Waals surface area contributed by atoms with Gasteiger partial charge < -0.3 is 9.79 Å². The van der Waals surface area contributed by atoms with Gasteiger partial charge in [0.25, 0.3) is 10.1 Å². The smallest absolute Gasteiger partial charge is 0.323 e. The monoisotopic (exact) mass is 282 g/mol. The van der Waals surface area contributed by atoms with E-state index in [9.17, 15) is 13.0 Å². The molecule has 0 aliphatic rings. The van der Waals surface area contributed by atoms with E-state index in [4.69, 9.17) is 14.3 Å². The number of rotatable bonds is 4. The molecule has 9 heteroatoms. The van der Waals surface area contributed by atoms with Gasteiger partial charge in [-0.15, -0.1) is 0 Å². The molecule has 1 aromatic heterocycles. The fourth-order valence-corrected chi connectivity index (χ4v) is 3.54. The highest BCUT2D eigenvalue weighted by atomic mass is 32.2. The van der Waals surface area contributed by atoms with E-state index >= 15 is 0 Å². The van der Waals surface area contributed by atoms with Gasteiger partial charge in [-0.2, -0.15) is 8.42 Å². The third-order valence-corrected chi connectivity index (χ3v) is 5.68. The number of aromatic nitrogens is 1. The Balaban J connectivity index is 3.14. The van der Waals surface area contributed by atoms with Gasteiger partial charge in [0.1, 0.15) is 7.05 Å². The zero-order chi connectivity index (χ0) is 13.3. The summed E-state index contributed by atoms with van der Waals surface area (Å²) in [7, 11) is -8.14. The SMILES string of the molecule is C[n+]1ccccc1CC(P(=O)(O)O)S(=O)(=O)O. The van der Waals surface area contributed by atoms with Crippen LogP contribution < -0.4 is 4.57 Å². The average Bonchev–Trinajstić information content (AvgIpc) is 2.12. The van der Waals surface area contributed by atoms with Crippen LogP contribution in [0.25, 0.3) is 0 Å². The first-order valence-corrected chi connectivity index (χ1v) is 7.76. The quantitative estimate of drug-likeness (QED) is 0.387. The standard InChI is InChI=1S/C8H12NO6PS/c1-9-5-3-2-4-7(9)6-8(16(10,11)12)17(13,14)15/h2-5,8H,6H2,1H3,(H2-,10,11,12,13,14,15)/p+1. The maximum Gasteiger partial charge on any atom is 0.346 e. The fraction of sp³-hybridized carbons (Fsp3) is 0.375. The molecule has 0 saturated carbocycles. The summed E-state index contributed by atoms with van der Waals surface area (Å²) in [6, 6.07) is 4.81. The Morgan fingerprint density at radius 2 is 2.00 bits per heavy atom. The lowest BCUT2D eigenvalue weighted by atomic mass is 10.3. The predicted molar refractivity (Wildman–Crippen MR) is 58.7 cm³/mol. The van der Waals surface area contributed by atoms with Gasteiger partial charge in [0.05, 0.1) is 6.42 Å². The molecule has 0 fully saturated rings. The van der Waals surface area contributed by atoms with Crippen molar-refractivity contribution in [3.8, 4) is 0 Å². The maximum atomic E-state index is 11.0. The summed E-state index contributed by atoms with van der Waals surface area (Å²) >= 11 is 0. The van der Waals surface area contributed by atoms with Crippen molar-refractivity contribution >= 4 is 17.7 Å². The van der Waals surface area contributed by atoms with E-state index in [1.165, 1.54) is 10.6 Å². The summed E-state index contributed by atoms with van der Waals surface area (Å²) < 4.78 is 43.3. The zero-order valence-corrected chi connectivity index (χ0v) is 10.7. The number of aryl methyl sites for hydroxylation is 1. The highest BCUT2D eigenvalue weighted by Gasteiger charge is 2.41. The van der Waals surface area contributed by atoms with Crippen molar-refractivity contribution in [2.24, 2.45) is 7.05 Å². The van der Waals surface area contributed by atoms with Gasteiger partial charge in [-0.25, -0.2) is 4.57 Å². The van der Waals surface area contributed by atoms with Crippen LogP contribution in [0.5, 0.6) is 0 Å². The molecule has 3 N–H and O–H groups in total. The van der Waals surface area contributed by atoms with E-state index in [2.05, 4.69) is 0 Å². The van der Waals surface area contributed by atoms with Crippen LogP contribution in [0.15, 0.2) is 24.4 Å². The summed E-state index contributed by atoms with van der Waals surface area (Å²) in [6.07, 6.45) is 1.15. The van der Waals surface area contributed by atoms with E-state index in [0.29, 0.717) is 5.69 Å². The maximum absolute atomic E-state index is 11.0. The Morgan fingerprint density at radius 3 is 2.41 bits per heavy atom. The first-order chi connectivity index (χ1) is 7.62. The highest BCUT2D eigenvalue weighted by Crippen LogP contribution is 2.44. The summed E-state index contributed by atoms with van der Waals surface area (Å²) in [4.78, 5) is 15.7. The van der Waals surface area contributed by atoms with Crippen LogP contribution in [-0.4, -0.2) is 27.7 Å². The molecule has 0 amide bonds. The topological polar surface area (TPSA) is 116 Å².